The number of H-pyrrole nitrogens is 1. The van der Waals surface area contributed by atoms with E-state index in [0.29, 0.717) is 37.0 Å². The van der Waals surface area contributed by atoms with Gasteiger partial charge >= 0.3 is 0 Å². The topological polar surface area (TPSA) is 91.2 Å². The van der Waals surface area contributed by atoms with Crippen LogP contribution in [0.4, 0.5) is 0 Å². The van der Waals surface area contributed by atoms with E-state index < -0.39 is 5.60 Å². The Kier molecular flexibility index (Phi) is 5.37. The Morgan fingerprint density at radius 3 is 2.56 bits per heavy atom. The van der Waals surface area contributed by atoms with Gasteiger partial charge in [0.1, 0.15) is 0 Å². The van der Waals surface area contributed by atoms with E-state index in [1.54, 1.807) is 25.8 Å². The number of carbonyl (C=O) groups excluding carboxylic acids is 1. The third-order valence-electron chi connectivity index (χ3n) is 4.47. The summed E-state index contributed by atoms with van der Waals surface area (Å²) in [6, 6.07) is 0. The lowest BCUT2D eigenvalue weighted by molar-refractivity contribution is -0.133. The van der Waals surface area contributed by atoms with Gasteiger partial charge in [-0.25, -0.2) is 4.98 Å². The number of fused-ring (bicyclic) bond motifs is 1. The maximum absolute atomic E-state index is 12.5. The van der Waals surface area contributed by atoms with Gasteiger partial charge in [0.05, 0.1) is 11.0 Å². The zero-order valence-corrected chi connectivity index (χ0v) is 15.9. The molecule has 2 rings (SSSR count). The number of hydrogen-bond acceptors (Lipinski definition) is 4. The van der Waals surface area contributed by atoms with E-state index >= 15 is 0 Å². The molecule has 0 radical (unpaired) electrons. The lowest BCUT2D eigenvalue weighted by Crippen LogP contribution is -2.42. The molecule has 138 valence electrons. The van der Waals surface area contributed by atoms with E-state index in [2.05, 4.69) is 10.1 Å². The maximum Gasteiger partial charge on any atom is 0.276 e. The monoisotopic (exact) mass is 348 g/mol. The number of nitrogens with one attached hydrogen (secondary N) is 1. The molecule has 0 atom stereocenters. The first kappa shape index (κ1) is 19.2. The van der Waals surface area contributed by atoms with Crippen LogP contribution in [0, 0.1) is 13.8 Å². The summed E-state index contributed by atoms with van der Waals surface area (Å²) in [5.74, 6) is -0.00880. The lowest BCUT2D eigenvalue weighted by atomic mass is 10.00. The fourth-order valence-corrected chi connectivity index (χ4v) is 3.21. The van der Waals surface area contributed by atoms with Gasteiger partial charge in [0, 0.05) is 32.3 Å². The summed E-state index contributed by atoms with van der Waals surface area (Å²) in [6.45, 7) is 9.93. The predicted molar refractivity (Wildman–Crippen MR) is 97.7 cm³/mol. The van der Waals surface area contributed by atoms with Gasteiger partial charge in [-0.2, -0.15) is 0 Å². The van der Waals surface area contributed by atoms with E-state index in [1.807, 2.05) is 20.8 Å². The molecule has 0 unspecified atom stereocenters. The van der Waals surface area contributed by atoms with E-state index in [-0.39, 0.29) is 11.5 Å². The van der Waals surface area contributed by atoms with E-state index in [1.165, 1.54) is 4.68 Å². The molecule has 0 saturated heterocycles. The highest BCUT2D eigenvalue weighted by atomic mass is 16.3. The Balaban J connectivity index is 2.24. The molecule has 7 nitrogen and oxygen atoms in total. The number of pyridine rings is 1. The van der Waals surface area contributed by atoms with Crippen molar-refractivity contribution in [3.8, 4) is 0 Å². The van der Waals surface area contributed by atoms with Crippen LogP contribution in [0.1, 0.15) is 44.0 Å². The zero-order chi connectivity index (χ0) is 18.9. The largest absolute Gasteiger partial charge is 0.389 e. The van der Waals surface area contributed by atoms with Gasteiger partial charge in [-0.15, -0.1) is 0 Å². The number of aryl methyl sites for hydroxylation is 3. The van der Waals surface area contributed by atoms with Crippen LogP contribution in [-0.2, 0) is 18.3 Å². The van der Waals surface area contributed by atoms with Crippen LogP contribution < -0.4 is 5.56 Å². The molecular formula is C18H28N4O3. The van der Waals surface area contributed by atoms with Crippen molar-refractivity contribution >= 4 is 16.9 Å². The Hall–Kier alpha value is -2.15. The summed E-state index contributed by atoms with van der Waals surface area (Å²) in [6.07, 6.45) is 0.847. The van der Waals surface area contributed by atoms with Gasteiger partial charge in [-0.05, 0) is 52.2 Å². The van der Waals surface area contributed by atoms with E-state index in [0.717, 1.165) is 16.8 Å². The van der Waals surface area contributed by atoms with Gasteiger partial charge in [-0.3, -0.25) is 19.4 Å². The van der Waals surface area contributed by atoms with Gasteiger partial charge < -0.3 is 10.0 Å². The standard InChI is InChI=1S/C18H28N4O3/c1-7-22(10-18(4,5)25)14(23)9-8-13-11(2)15-16(19-12(13)3)20-21(6)17(15)24/h25H,7-10H2,1-6H3,(H,19,20). The zero-order valence-electron chi connectivity index (χ0n) is 15.9. The van der Waals surface area contributed by atoms with Crippen molar-refractivity contribution in [1.29, 1.82) is 0 Å². The molecule has 0 spiro atoms. The molecule has 25 heavy (non-hydrogen) atoms. The van der Waals surface area contributed by atoms with Crippen molar-refractivity contribution in [3.05, 3.63) is 27.2 Å². The second-order valence-corrected chi connectivity index (χ2v) is 7.22. The molecule has 2 aromatic heterocycles. The Bertz CT molecular complexity index is 843. The Labute approximate surface area is 147 Å². The minimum Gasteiger partial charge on any atom is -0.389 e. The highest BCUT2D eigenvalue weighted by Crippen LogP contribution is 2.21. The van der Waals surface area contributed by atoms with Crippen LogP contribution in [0.2, 0.25) is 0 Å². The fraction of sp³-hybridized carbons (Fsp3) is 0.611. The van der Waals surface area contributed by atoms with Crippen LogP contribution in [0.3, 0.4) is 0 Å². The van der Waals surface area contributed by atoms with Crippen molar-refractivity contribution in [2.75, 3.05) is 13.1 Å². The molecule has 2 heterocycles. The van der Waals surface area contributed by atoms with Crippen molar-refractivity contribution in [2.24, 2.45) is 7.05 Å². The van der Waals surface area contributed by atoms with Crippen molar-refractivity contribution in [1.82, 2.24) is 19.7 Å². The third kappa shape index (κ3) is 4.10. The van der Waals surface area contributed by atoms with Crippen LogP contribution in [0.5, 0.6) is 0 Å². The number of hydrogen-bond donors (Lipinski definition) is 2. The smallest absolute Gasteiger partial charge is 0.276 e. The highest BCUT2D eigenvalue weighted by molar-refractivity contribution is 5.80. The molecule has 0 saturated carbocycles. The summed E-state index contributed by atoms with van der Waals surface area (Å²) in [5, 5.41) is 13.5. The first-order valence-electron chi connectivity index (χ1n) is 8.60. The van der Waals surface area contributed by atoms with Crippen LogP contribution >= 0.6 is 0 Å². The molecular weight excluding hydrogens is 320 g/mol. The normalized spacial score (nSPS) is 12.0. The first-order valence-corrected chi connectivity index (χ1v) is 8.60. The highest BCUT2D eigenvalue weighted by Gasteiger charge is 2.22. The Morgan fingerprint density at radius 2 is 2.00 bits per heavy atom. The predicted octanol–water partition coefficient (Wildman–Crippen LogP) is 1.43. The second kappa shape index (κ2) is 7.00. The number of aliphatic hydroxyl groups is 1. The fourth-order valence-electron chi connectivity index (χ4n) is 3.21. The molecule has 2 N–H and O–H groups in total. The van der Waals surface area contributed by atoms with E-state index in [9.17, 15) is 14.7 Å². The number of aromatic amines is 1. The first-order chi connectivity index (χ1) is 11.5. The molecule has 2 aromatic rings. The van der Waals surface area contributed by atoms with Crippen molar-refractivity contribution in [2.45, 2.75) is 53.1 Å². The summed E-state index contributed by atoms with van der Waals surface area (Å²) in [5.41, 5.74) is 2.19. The lowest BCUT2D eigenvalue weighted by Gasteiger charge is -2.28. The molecule has 1 amide bonds. The second-order valence-electron chi connectivity index (χ2n) is 7.22. The summed E-state index contributed by atoms with van der Waals surface area (Å²) < 4.78 is 1.42. The van der Waals surface area contributed by atoms with Gasteiger partial charge in [0.15, 0.2) is 5.65 Å². The Morgan fingerprint density at radius 1 is 1.36 bits per heavy atom. The average Bonchev–Trinajstić information content (AvgIpc) is 2.78. The molecule has 0 bridgehead atoms. The number of aromatic nitrogens is 3. The van der Waals surface area contributed by atoms with Crippen LogP contribution in [0.25, 0.3) is 11.0 Å². The molecule has 0 aliphatic rings. The quantitative estimate of drug-likeness (QED) is 0.826. The van der Waals surface area contributed by atoms with Gasteiger partial charge in [0.2, 0.25) is 5.91 Å². The summed E-state index contributed by atoms with van der Waals surface area (Å²) >= 11 is 0. The number of nitrogens with zero attached hydrogens (tertiary/aromatic N) is 3. The van der Waals surface area contributed by atoms with Gasteiger partial charge in [0.25, 0.3) is 5.56 Å². The minimum atomic E-state index is -0.921. The summed E-state index contributed by atoms with van der Waals surface area (Å²) in [4.78, 5) is 30.9. The van der Waals surface area contributed by atoms with Crippen LogP contribution in [0.15, 0.2) is 4.79 Å². The third-order valence-corrected chi connectivity index (χ3v) is 4.47. The minimum absolute atomic E-state index is 0.00880. The summed E-state index contributed by atoms with van der Waals surface area (Å²) in [7, 11) is 1.66. The number of likely N-dealkylation sites (N-methyl/N-ethyl adjacent to an activating group) is 1. The number of amides is 1. The van der Waals surface area contributed by atoms with Gasteiger partial charge in [-0.1, -0.05) is 0 Å². The van der Waals surface area contributed by atoms with Crippen molar-refractivity contribution < 1.29 is 9.90 Å². The SMILES string of the molecule is CCN(CC(C)(C)O)C(=O)CCc1c(C)nc2[nH]n(C)c(=O)c2c1C. The molecule has 0 aliphatic heterocycles. The van der Waals surface area contributed by atoms with Crippen molar-refractivity contribution in [3.63, 3.8) is 0 Å². The maximum atomic E-state index is 12.5. The van der Waals surface area contributed by atoms with Crippen LogP contribution in [-0.4, -0.2) is 49.4 Å². The molecule has 0 aromatic carbocycles. The number of carbonyl (C=O) groups is 1. The average molecular weight is 348 g/mol. The molecule has 0 fully saturated rings. The van der Waals surface area contributed by atoms with E-state index in [4.69, 9.17) is 0 Å². The molecule has 0 aliphatic carbocycles. The number of rotatable bonds is 6. The molecule has 7 heteroatoms.